The first kappa shape index (κ1) is 25.2. The van der Waals surface area contributed by atoms with Gasteiger partial charge < -0.3 is 14.7 Å². The van der Waals surface area contributed by atoms with Crippen molar-refractivity contribution < 1.29 is 36.2 Å². The number of hydrogen-bond acceptors (Lipinski definition) is 3. The van der Waals surface area contributed by atoms with Crippen LogP contribution in [-0.4, -0.2) is 36.8 Å². The third-order valence-electron chi connectivity index (χ3n) is 6.01. The van der Waals surface area contributed by atoms with E-state index in [9.17, 15) is 31.4 Å². The fourth-order valence-corrected chi connectivity index (χ4v) is 4.80. The normalized spacial score (nSPS) is 18.9. The van der Waals surface area contributed by atoms with Crippen LogP contribution in [0.25, 0.3) is 0 Å². The number of ether oxygens (including phenoxy) is 1. The Morgan fingerprint density at radius 3 is 2.34 bits per heavy atom. The van der Waals surface area contributed by atoms with Crippen molar-refractivity contribution in [3.63, 3.8) is 0 Å². The van der Waals surface area contributed by atoms with E-state index in [1.54, 1.807) is 54.6 Å². The number of rotatable bonds is 6. The Hall–Kier alpha value is -2.91. The molecule has 1 unspecified atom stereocenters. The van der Waals surface area contributed by atoms with Gasteiger partial charge in [-0.15, -0.1) is 13.2 Å². The fraction of sp³-hybridized carbons (Fsp3) is 0.280. The monoisotopic (exact) mass is 515 g/mol. The Balaban J connectivity index is 1.81. The quantitative estimate of drug-likeness (QED) is 0.380. The summed E-state index contributed by atoms with van der Waals surface area (Å²) in [7, 11) is 0. The van der Waals surface area contributed by atoms with Crippen molar-refractivity contribution in [2.45, 2.75) is 30.5 Å². The van der Waals surface area contributed by atoms with E-state index in [0.29, 0.717) is 27.4 Å². The lowest BCUT2D eigenvalue weighted by atomic mass is 9.72. The molecular formula is C25H20ClF6NO2. The first-order valence-electron chi connectivity index (χ1n) is 10.6. The lowest BCUT2D eigenvalue weighted by Crippen LogP contribution is -2.43. The number of β-amino-alcohol motifs (C(OH)–C–C–N with tert-alkyl or cyclic N) is 1. The van der Waals surface area contributed by atoms with Gasteiger partial charge in [-0.05, 0) is 53.4 Å². The third kappa shape index (κ3) is 5.51. The maximum Gasteiger partial charge on any atom is 0.573 e. The summed E-state index contributed by atoms with van der Waals surface area (Å²) in [5.74, 6) is -0.396. The number of hydrogen-bond donors (Lipinski definition) is 1. The Kier molecular flexibility index (Phi) is 6.68. The summed E-state index contributed by atoms with van der Waals surface area (Å²) in [6.07, 6.45) is -12.1. The van der Waals surface area contributed by atoms with Crippen molar-refractivity contribution in [3.8, 4) is 5.75 Å². The van der Waals surface area contributed by atoms with Crippen LogP contribution in [0, 0.1) is 0 Å². The van der Waals surface area contributed by atoms with Gasteiger partial charge in [-0.1, -0.05) is 54.1 Å². The van der Waals surface area contributed by atoms with E-state index in [1.165, 1.54) is 23.1 Å². The maximum atomic E-state index is 13.2. The van der Waals surface area contributed by atoms with Gasteiger partial charge >= 0.3 is 12.5 Å². The second-order valence-corrected chi connectivity index (χ2v) is 8.86. The van der Waals surface area contributed by atoms with Crippen LogP contribution in [0.5, 0.6) is 5.75 Å². The number of alkyl halides is 6. The van der Waals surface area contributed by atoms with Gasteiger partial charge in [-0.25, -0.2) is 0 Å². The Bertz CT molecular complexity index is 1200. The number of nitrogens with zero attached hydrogens (tertiary/aromatic N) is 1. The first-order chi connectivity index (χ1) is 16.4. The number of anilines is 1. The van der Waals surface area contributed by atoms with Crippen molar-refractivity contribution in [1.82, 2.24) is 0 Å². The molecule has 0 aromatic heterocycles. The standard InChI is InChI=1S/C25H20ClF6NO2/c26-18-7-4-6-17(12-18)23(13-16-5-3-8-19(11-16)35-25(30,31)32)15-33(14-22(34)24(27,28)29)21-10-2-1-9-20(21)23/h1-12,22,34H,13-15H2/t22-,23?/m1/s1. The summed E-state index contributed by atoms with van der Waals surface area (Å²) in [5.41, 5.74) is 1.39. The Labute approximate surface area is 202 Å². The first-order valence-corrected chi connectivity index (χ1v) is 11.0. The molecule has 2 atom stereocenters. The van der Waals surface area contributed by atoms with Crippen molar-refractivity contribution in [1.29, 1.82) is 0 Å². The van der Waals surface area contributed by atoms with E-state index in [2.05, 4.69) is 4.74 Å². The average molecular weight is 516 g/mol. The highest BCUT2D eigenvalue weighted by Gasteiger charge is 2.47. The van der Waals surface area contributed by atoms with E-state index in [0.717, 1.165) is 0 Å². The van der Waals surface area contributed by atoms with E-state index >= 15 is 0 Å². The minimum absolute atomic E-state index is 0.0458. The van der Waals surface area contributed by atoms with Gasteiger partial charge in [0.2, 0.25) is 0 Å². The van der Waals surface area contributed by atoms with Crippen molar-refractivity contribution in [3.05, 3.63) is 94.5 Å². The number of aliphatic hydroxyl groups excluding tert-OH is 1. The zero-order chi connectivity index (χ0) is 25.4. The van der Waals surface area contributed by atoms with E-state index in [-0.39, 0.29) is 13.0 Å². The maximum absolute atomic E-state index is 13.2. The third-order valence-corrected chi connectivity index (χ3v) is 6.24. The van der Waals surface area contributed by atoms with Gasteiger partial charge in [0.1, 0.15) is 5.75 Å². The number of para-hydroxylation sites is 1. The fourth-order valence-electron chi connectivity index (χ4n) is 4.61. The molecule has 0 bridgehead atoms. The molecular weight excluding hydrogens is 496 g/mol. The summed E-state index contributed by atoms with van der Waals surface area (Å²) in [6.45, 7) is -0.649. The molecule has 4 rings (SSSR count). The lowest BCUT2D eigenvalue weighted by Gasteiger charge is -2.33. The van der Waals surface area contributed by atoms with Crippen molar-refractivity contribution in [2.24, 2.45) is 0 Å². The van der Waals surface area contributed by atoms with Gasteiger partial charge in [0.05, 0.1) is 6.54 Å². The highest BCUT2D eigenvalue weighted by atomic mass is 35.5. The Morgan fingerprint density at radius 2 is 1.66 bits per heavy atom. The molecule has 0 radical (unpaired) electrons. The molecule has 0 saturated carbocycles. The molecule has 0 saturated heterocycles. The number of benzene rings is 3. The topological polar surface area (TPSA) is 32.7 Å². The molecule has 3 aromatic carbocycles. The molecule has 1 aliphatic heterocycles. The van der Waals surface area contributed by atoms with Crippen LogP contribution in [0.2, 0.25) is 5.02 Å². The van der Waals surface area contributed by atoms with Crippen LogP contribution < -0.4 is 9.64 Å². The minimum atomic E-state index is -4.87. The summed E-state index contributed by atoms with van der Waals surface area (Å²) < 4.78 is 81.9. The largest absolute Gasteiger partial charge is 0.573 e. The number of halogens is 7. The zero-order valence-electron chi connectivity index (χ0n) is 18.1. The van der Waals surface area contributed by atoms with Gasteiger partial charge in [0.15, 0.2) is 6.10 Å². The second kappa shape index (κ2) is 9.28. The molecule has 3 aromatic rings. The summed E-state index contributed by atoms with van der Waals surface area (Å²) in [4.78, 5) is 1.45. The molecule has 35 heavy (non-hydrogen) atoms. The molecule has 0 spiro atoms. The summed E-state index contributed by atoms with van der Waals surface area (Å²) in [5, 5.41) is 10.2. The predicted molar refractivity (Wildman–Crippen MR) is 120 cm³/mol. The SMILES string of the molecule is O[C@H](CN1CC(Cc2cccc(OC(F)(F)F)c2)(c2cccc(Cl)c2)c2ccccc21)C(F)(F)F. The van der Waals surface area contributed by atoms with Crippen LogP contribution >= 0.6 is 11.6 Å². The lowest BCUT2D eigenvalue weighted by molar-refractivity contribution is -0.274. The molecule has 0 fully saturated rings. The average Bonchev–Trinajstić information content (AvgIpc) is 3.06. The summed E-state index contributed by atoms with van der Waals surface area (Å²) in [6, 6.07) is 19.2. The van der Waals surface area contributed by atoms with Crippen LogP contribution in [0.4, 0.5) is 32.0 Å². The van der Waals surface area contributed by atoms with Gasteiger partial charge in [-0.3, -0.25) is 0 Å². The molecule has 0 aliphatic carbocycles. The molecule has 186 valence electrons. The number of aliphatic hydroxyl groups is 1. The highest BCUT2D eigenvalue weighted by Crippen LogP contribution is 2.48. The smallest absolute Gasteiger partial charge is 0.406 e. The molecule has 1 aliphatic rings. The highest BCUT2D eigenvalue weighted by molar-refractivity contribution is 6.30. The van der Waals surface area contributed by atoms with E-state index in [4.69, 9.17) is 11.6 Å². The van der Waals surface area contributed by atoms with Gasteiger partial charge in [-0.2, -0.15) is 13.2 Å². The van der Waals surface area contributed by atoms with E-state index in [1.807, 2.05) is 0 Å². The zero-order valence-corrected chi connectivity index (χ0v) is 18.8. The van der Waals surface area contributed by atoms with Gasteiger partial charge in [0, 0.05) is 22.7 Å². The number of fused-ring (bicyclic) bond motifs is 1. The van der Waals surface area contributed by atoms with Crippen LogP contribution in [0.3, 0.4) is 0 Å². The molecule has 1 heterocycles. The molecule has 0 amide bonds. The van der Waals surface area contributed by atoms with Gasteiger partial charge in [0.25, 0.3) is 0 Å². The van der Waals surface area contributed by atoms with Crippen LogP contribution in [-0.2, 0) is 11.8 Å². The predicted octanol–water partition coefficient (Wildman–Crippen LogP) is 6.51. The molecule has 3 nitrogen and oxygen atoms in total. The van der Waals surface area contributed by atoms with Crippen LogP contribution in [0.1, 0.15) is 16.7 Å². The van der Waals surface area contributed by atoms with Crippen molar-refractivity contribution >= 4 is 17.3 Å². The van der Waals surface area contributed by atoms with Crippen molar-refractivity contribution in [2.75, 3.05) is 18.0 Å². The van der Waals surface area contributed by atoms with E-state index < -0.39 is 36.4 Å². The Morgan fingerprint density at radius 1 is 0.943 bits per heavy atom. The minimum Gasteiger partial charge on any atom is -0.406 e. The molecule has 1 N–H and O–H groups in total. The summed E-state index contributed by atoms with van der Waals surface area (Å²) >= 11 is 6.25. The second-order valence-electron chi connectivity index (χ2n) is 8.42. The molecule has 10 heteroatoms. The van der Waals surface area contributed by atoms with Crippen LogP contribution in [0.15, 0.2) is 72.8 Å².